The molecule has 2 aromatic heterocycles. The number of nitro groups is 1. The average molecular weight is 354 g/mol. The number of esters is 1. The molecule has 0 radical (unpaired) electrons. The van der Waals surface area contributed by atoms with E-state index in [2.05, 4.69) is 4.98 Å². The van der Waals surface area contributed by atoms with Gasteiger partial charge in [-0.15, -0.1) is 0 Å². The Labute approximate surface area is 146 Å². The maximum atomic E-state index is 12.2. The van der Waals surface area contributed by atoms with Crippen molar-refractivity contribution >= 4 is 23.0 Å². The quantitative estimate of drug-likeness (QED) is 0.327. The van der Waals surface area contributed by atoms with Gasteiger partial charge in [0.2, 0.25) is 0 Å². The van der Waals surface area contributed by atoms with Crippen molar-refractivity contribution in [2.45, 2.75) is 13.5 Å². The van der Waals surface area contributed by atoms with Gasteiger partial charge in [-0.1, -0.05) is 0 Å². The molecule has 2 N–H and O–H groups in total. The lowest BCUT2D eigenvalue weighted by molar-refractivity contribution is -0.384. The Morgan fingerprint density at radius 1 is 1.31 bits per heavy atom. The van der Waals surface area contributed by atoms with Crippen molar-refractivity contribution in [2.24, 2.45) is 0 Å². The molecule has 0 fully saturated rings. The highest BCUT2D eigenvalue weighted by molar-refractivity contribution is 5.95. The zero-order valence-electron chi connectivity index (χ0n) is 13.7. The number of nitrogens with two attached hydrogens (primary N) is 1. The molecule has 0 saturated heterocycles. The Morgan fingerprint density at radius 3 is 2.81 bits per heavy atom. The summed E-state index contributed by atoms with van der Waals surface area (Å²) < 4.78 is 6.48. The van der Waals surface area contributed by atoms with E-state index in [4.69, 9.17) is 10.5 Å². The fourth-order valence-electron chi connectivity index (χ4n) is 2.38. The lowest BCUT2D eigenvalue weighted by Crippen LogP contribution is -2.17. The maximum absolute atomic E-state index is 12.2. The number of anilines is 1. The number of aromatic nitrogens is 2. The van der Waals surface area contributed by atoms with Crippen LogP contribution in [-0.4, -0.2) is 20.3 Å². The molecule has 0 bridgehead atoms. The lowest BCUT2D eigenvalue weighted by Gasteiger charge is -2.08. The second-order valence-corrected chi connectivity index (χ2v) is 5.62. The molecule has 0 aliphatic rings. The number of nitrogens with zero attached hydrogens (tertiary/aromatic N) is 3. The van der Waals surface area contributed by atoms with E-state index in [0.29, 0.717) is 5.65 Å². The van der Waals surface area contributed by atoms with E-state index in [9.17, 15) is 19.7 Å². The van der Waals surface area contributed by atoms with Gasteiger partial charge in [0.15, 0.2) is 0 Å². The van der Waals surface area contributed by atoms with Crippen LogP contribution in [0, 0.1) is 17.0 Å². The highest BCUT2D eigenvalue weighted by atomic mass is 16.6. The molecule has 0 amide bonds. The number of nitro benzene ring substituents is 1. The van der Waals surface area contributed by atoms with Gasteiger partial charge in [-0.3, -0.25) is 19.3 Å². The van der Waals surface area contributed by atoms with E-state index in [0.717, 1.165) is 11.6 Å². The van der Waals surface area contributed by atoms with Gasteiger partial charge in [0, 0.05) is 30.1 Å². The number of carbonyl (C=O) groups excluding carboxylic acids is 1. The SMILES string of the molecule is Cc1ccn2c(=O)cc(COC(=O)c3cc([N+](=O)[O-])ccc3N)nc2c1. The van der Waals surface area contributed by atoms with Crippen LogP contribution in [0.25, 0.3) is 5.65 Å². The Kier molecular flexibility index (Phi) is 4.36. The monoisotopic (exact) mass is 354 g/mol. The molecule has 26 heavy (non-hydrogen) atoms. The van der Waals surface area contributed by atoms with Crippen LogP contribution in [-0.2, 0) is 11.3 Å². The first-order valence-corrected chi connectivity index (χ1v) is 7.55. The third-order valence-corrected chi connectivity index (χ3v) is 3.69. The van der Waals surface area contributed by atoms with Gasteiger partial charge in [0.05, 0.1) is 16.2 Å². The molecule has 0 aliphatic heterocycles. The molecule has 0 unspecified atom stereocenters. The number of nitrogen functional groups attached to an aromatic ring is 1. The minimum Gasteiger partial charge on any atom is -0.456 e. The minimum absolute atomic E-state index is 0.0581. The van der Waals surface area contributed by atoms with E-state index in [-0.39, 0.29) is 34.8 Å². The van der Waals surface area contributed by atoms with Gasteiger partial charge in [-0.2, -0.15) is 0 Å². The summed E-state index contributed by atoms with van der Waals surface area (Å²) in [6, 6.07) is 8.26. The molecule has 0 aliphatic carbocycles. The van der Waals surface area contributed by atoms with E-state index < -0.39 is 10.9 Å². The van der Waals surface area contributed by atoms with Crippen molar-refractivity contribution in [3.8, 4) is 0 Å². The number of non-ortho nitro benzene ring substituents is 1. The highest BCUT2D eigenvalue weighted by Crippen LogP contribution is 2.20. The summed E-state index contributed by atoms with van der Waals surface area (Å²) in [5.74, 6) is -0.836. The second kappa shape index (κ2) is 6.63. The Morgan fingerprint density at radius 2 is 2.08 bits per heavy atom. The molecule has 0 spiro atoms. The maximum Gasteiger partial charge on any atom is 0.340 e. The number of hydrogen-bond donors (Lipinski definition) is 1. The van der Waals surface area contributed by atoms with Crippen LogP contribution in [0.15, 0.2) is 47.4 Å². The van der Waals surface area contributed by atoms with Gasteiger partial charge in [-0.05, 0) is 30.7 Å². The van der Waals surface area contributed by atoms with Crippen molar-refractivity contribution < 1.29 is 14.5 Å². The van der Waals surface area contributed by atoms with Gasteiger partial charge in [0.1, 0.15) is 12.3 Å². The summed E-state index contributed by atoms with van der Waals surface area (Å²) in [5.41, 5.74) is 6.66. The lowest BCUT2D eigenvalue weighted by atomic mass is 10.1. The Hall–Kier alpha value is -3.75. The van der Waals surface area contributed by atoms with E-state index in [1.54, 1.807) is 18.3 Å². The van der Waals surface area contributed by atoms with Gasteiger partial charge in [-0.25, -0.2) is 9.78 Å². The summed E-state index contributed by atoms with van der Waals surface area (Å²) in [4.78, 5) is 38.7. The average Bonchev–Trinajstić information content (AvgIpc) is 2.59. The first kappa shape index (κ1) is 17.1. The highest BCUT2D eigenvalue weighted by Gasteiger charge is 2.17. The molecule has 2 heterocycles. The van der Waals surface area contributed by atoms with Gasteiger partial charge >= 0.3 is 5.97 Å². The zero-order chi connectivity index (χ0) is 18.8. The zero-order valence-corrected chi connectivity index (χ0v) is 13.7. The molecule has 9 heteroatoms. The number of pyridine rings is 1. The summed E-state index contributed by atoms with van der Waals surface area (Å²) in [5, 5.41) is 10.8. The number of ether oxygens (including phenoxy) is 1. The van der Waals surface area contributed by atoms with Crippen LogP contribution < -0.4 is 11.3 Å². The van der Waals surface area contributed by atoms with Crippen LogP contribution >= 0.6 is 0 Å². The predicted octanol–water partition coefficient (Wildman–Crippen LogP) is 1.85. The molecule has 1 aromatic carbocycles. The summed E-state index contributed by atoms with van der Waals surface area (Å²) >= 11 is 0. The largest absolute Gasteiger partial charge is 0.456 e. The first-order chi connectivity index (χ1) is 12.3. The van der Waals surface area contributed by atoms with Gasteiger partial charge in [0.25, 0.3) is 11.2 Å². The molecule has 0 atom stereocenters. The molecule has 9 nitrogen and oxygen atoms in total. The predicted molar refractivity (Wildman–Crippen MR) is 92.8 cm³/mol. The second-order valence-electron chi connectivity index (χ2n) is 5.62. The topological polar surface area (TPSA) is 130 Å². The Bertz CT molecular complexity index is 1090. The minimum atomic E-state index is -0.836. The normalized spacial score (nSPS) is 10.7. The molecule has 3 aromatic rings. The molecule has 0 saturated carbocycles. The standard InChI is InChI=1S/C17H14N4O5/c1-10-4-5-20-15(6-10)19-11(7-16(20)22)9-26-17(23)13-8-12(21(24)25)2-3-14(13)18/h2-8H,9,18H2,1H3. The fraction of sp³-hybridized carbons (Fsp3) is 0.118. The van der Waals surface area contributed by atoms with Crippen LogP contribution in [0.4, 0.5) is 11.4 Å². The fourth-order valence-corrected chi connectivity index (χ4v) is 2.38. The van der Waals surface area contributed by atoms with Crippen LogP contribution in [0.5, 0.6) is 0 Å². The van der Waals surface area contributed by atoms with Crippen LogP contribution in [0.1, 0.15) is 21.6 Å². The number of carbonyl (C=O) groups is 1. The summed E-state index contributed by atoms with van der Waals surface area (Å²) in [6.07, 6.45) is 1.61. The van der Waals surface area contributed by atoms with E-state index in [1.165, 1.54) is 22.6 Å². The first-order valence-electron chi connectivity index (χ1n) is 7.55. The van der Waals surface area contributed by atoms with E-state index >= 15 is 0 Å². The molecule has 3 rings (SSSR count). The number of aryl methyl sites for hydroxylation is 1. The van der Waals surface area contributed by atoms with E-state index in [1.807, 2.05) is 6.92 Å². The smallest absolute Gasteiger partial charge is 0.340 e. The van der Waals surface area contributed by atoms with Crippen LogP contribution in [0.2, 0.25) is 0 Å². The van der Waals surface area contributed by atoms with Crippen molar-refractivity contribution in [1.82, 2.24) is 9.38 Å². The van der Waals surface area contributed by atoms with Crippen molar-refractivity contribution in [2.75, 3.05) is 5.73 Å². The molecular weight excluding hydrogens is 340 g/mol. The number of benzene rings is 1. The molecular formula is C17H14N4O5. The van der Waals surface area contributed by atoms with Crippen molar-refractivity contribution in [3.63, 3.8) is 0 Å². The van der Waals surface area contributed by atoms with Crippen molar-refractivity contribution in [3.05, 3.63) is 79.9 Å². The third kappa shape index (κ3) is 3.36. The van der Waals surface area contributed by atoms with Crippen LogP contribution in [0.3, 0.4) is 0 Å². The van der Waals surface area contributed by atoms with Crippen molar-refractivity contribution in [1.29, 1.82) is 0 Å². The number of rotatable bonds is 4. The number of hydrogen-bond acceptors (Lipinski definition) is 7. The van der Waals surface area contributed by atoms with Gasteiger partial charge < -0.3 is 10.5 Å². The molecule has 132 valence electrons. The Balaban J connectivity index is 1.84. The number of fused-ring (bicyclic) bond motifs is 1. The third-order valence-electron chi connectivity index (χ3n) is 3.69. The summed E-state index contributed by atoms with van der Waals surface area (Å²) in [6.45, 7) is 1.60. The summed E-state index contributed by atoms with van der Waals surface area (Å²) in [7, 11) is 0.